The molecule has 24 heavy (non-hydrogen) atoms. The molecule has 130 valence electrons. The van der Waals surface area contributed by atoms with E-state index in [2.05, 4.69) is 16.9 Å². The van der Waals surface area contributed by atoms with Crippen LogP contribution in [0.1, 0.15) is 50.5 Å². The quantitative estimate of drug-likeness (QED) is 0.424. The summed E-state index contributed by atoms with van der Waals surface area (Å²) < 4.78 is 5.34. The molecule has 6 heteroatoms. The van der Waals surface area contributed by atoms with Gasteiger partial charge in [0.05, 0.1) is 6.61 Å². The maximum absolute atomic E-state index is 12.3. The Kier molecular flexibility index (Phi) is 5.76. The molecule has 3 rings (SSSR count). The number of ether oxygens (including phenoxy) is 1. The van der Waals surface area contributed by atoms with Gasteiger partial charge in [-0.15, -0.1) is 11.3 Å². The van der Waals surface area contributed by atoms with Gasteiger partial charge in [0.2, 0.25) is 0 Å². The fraction of sp³-hybridized carbons (Fsp3) is 0.611. The molecule has 0 aromatic carbocycles. The van der Waals surface area contributed by atoms with Crippen LogP contribution < -0.4 is 0 Å². The van der Waals surface area contributed by atoms with Crippen molar-refractivity contribution in [2.24, 2.45) is 5.92 Å². The summed E-state index contributed by atoms with van der Waals surface area (Å²) >= 11 is 3.33. The van der Waals surface area contributed by atoms with E-state index >= 15 is 0 Å². The third-order valence-electron chi connectivity index (χ3n) is 4.39. The van der Waals surface area contributed by atoms with Crippen molar-refractivity contribution in [3.8, 4) is 0 Å². The van der Waals surface area contributed by atoms with Gasteiger partial charge in [-0.05, 0) is 43.6 Å². The summed E-state index contributed by atoms with van der Waals surface area (Å²) in [6, 6.07) is 0. The number of fused-ring (bicyclic) bond motifs is 3. The highest BCUT2D eigenvalue weighted by atomic mass is 32.2. The van der Waals surface area contributed by atoms with Crippen LogP contribution in [0.25, 0.3) is 10.2 Å². The first-order chi connectivity index (χ1) is 11.6. The van der Waals surface area contributed by atoms with Gasteiger partial charge < -0.3 is 4.74 Å². The number of thioether (sulfide) groups is 1. The minimum absolute atomic E-state index is 0.131. The van der Waals surface area contributed by atoms with Gasteiger partial charge in [-0.1, -0.05) is 32.5 Å². The van der Waals surface area contributed by atoms with Crippen molar-refractivity contribution >= 4 is 39.3 Å². The number of esters is 1. The van der Waals surface area contributed by atoms with Crippen LogP contribution in [0.4, 0.5) is 0 Å². The van der Waals surface area contributed by atoms with Crippen molar-refractivity contribution in [2.75, 3.05) is 6.61 Å². The third-order valence-corrected chi connectivity index (χ3v) is 6.90. The van der Waals surface area contributed by atoms with E-state index in [1.165, 1.54) is 34.0 Å². The lowest BCUT2D eigenvalue weighted by Crippen LogP contribution is -2.20. The van der Waals surface area contributed by atoms with Crippen LogP contribution in [-0.4, -0.2) is 27.8 Å². The van der Waals surface area contributed by atoms with E-state index in [0.717, 1.165) is 41.5 Å². The molecule has 2 atom stereocenters. The third kappa shape index (κ3) is 3.59. The lowest BCUT2D eigenvalue weighted by atomic mass is 9.89. The molecule has 0 amide bonds. The monoisotopic (exact) mass is 364 g/mol. The van der Waals surface area contributed by atoms with Gasteiger partial charge in [0.15, 0.2) is 0 Å². The molecule has 2 aromatic rings. The zero-order chi connectivity index (χ0) is 17.1. The van der Waals surface area contributed by atoms with Crippen molar-refractivity contribution in [3.05, 3.63) is 16.8 Å². The maximum atomic E-state index is 12.3. The van der Waals surface area contributed by atoms with Gasteiger partial charge in [-0.2, -0.15) is 0 Å². The van der Waals surface area contributed by atoms with Crippen LogP contribution in [0, 0.1) is 5.92 Å². The largest absolute Gasteiger partial charge is 0.465 e. The molecule has 0 spiro atoms. The lowest BCUT2D eigenvalue weighted by Gasteiger charge is -2.18. The zero-order valence-electron chi connectivity index (χ0n) is 14.5. The molecule has 2 heterocycles. The Morgan fingerprint density at radius 1 is 1.46 bits per heavy atom. The summed E-state index contributed by atoms with van der Waals surface area (Å²) in [5, 5.41) is 1.91. The van der Waals surface area contributed by atoms with Gasteiger partial charge in [0.1, 0.15) is 21.4 Å². The van der Waals surface area contributed by atoms with E-state index in [-0.39, 0.29) is 11.2 Å². The highest BCUT2D eigenvalue weighted by molar-refractivity contribution is 8.00. The van der Waals surface area contributed by atoms with Crippen LogP contribution in [0.5, 0.6) is 0 Å². The Morgan fingerprint density at radius 3 is 3.04 bits per heavy atom. The normalized spacial score (nSPS) is 18.4. The van der Waals surface area contributed by atoms with Crippen LogP contribution in [0.15, 0.2) is 11.4 Å². The molecular formula is C18H24N2O2S2. The van der Waals surface area contributed by atoms with Crippen LogP contribution in [0.3, 0.4) is 0 Å². The van der Waals surface area contributed by atoms with Gasteiger partial charge in [-0.3, -0.25) is 4.79 Å². The van der Waals surface area contributed by atoms with E-state index in [0.29, 0.717) is 6.61 Å². The van der Waals surface area contributed by atoms with E-state index in [1.54, 1.807) is 17.7 Å². The second-order valence-electron chi connectivity index (χ2n) is 6.39. The van der Waals surface area contributed by atoms with Crippen molar-refractivity contribution < 1.29 is 9.53 Å². The molecule has 4 nitrogen and oxygen atoms in total. The van der Waals surface area contributed by atoms with Gasteiger partial charge in [0.25, 0.3) is 0 Å². The first kappa shape index (κ1) is 17.7. The fourth-order valence-electron chi connectivity index (χ4n) is 3.06. The highest BCUT2D eigenvalue weighted by Gasteiger charge is 2.26. The summed E-state index contributed by atoms with van der Waals surface area (Å²) in [5.41, 5.74) is 1.41. The molecule has 2 aromatic heterocycles. The maximum Gasteiger partial charge on any atom is 0.319 e. The van der Waals surface area contributed by atoms with Gasteiger partial charge in [0, 0.05) is 10.3 Å². The van der Waals surface area contributed by atoms with E-state index in [4.69, 9.17) is 4.74 Å². The van der Waals surface area contributed by atoms with Crippen molar-refractivity contribution in [1.29, 1.82) is 0 Å². The summed E-state index contributed by atoms with van der Waals surface area (Å²) in [7, 11) is 0. The molecule has 0 N–H and O–H groups in total. The Morgan fingerprint density at radius 2 is 2.29 bits per heavy atom. The molecule has 0 aliphatic heterocycles. The first-order valence-electron chi connectivity index (χ1n) is 8.72. The van der Waals surface area contributed by atoms with Crippen molar-refractivity contribution in [1.82, 2.24) is 9.97 Å². The predicted molar refractivity (Wildman–Crippen MR) is 99.8 cm³/mol. The molecule has 0 bridgehead atoms. The summed E-state index contributed by atoms with van der Waals surface area (Å²) in [6.07, 6.45) is 6.65. The molecule has 2 unspecified atom stereocenters. The van der Waals surface area contributed by atoms with Crippen molar-refractivity contribution in [3.63, 3.8) is 0 Å². The SMILES string of the molecule is CCCOC(=O)C(CC)Sc1ncnc2sc3c(c12)CCC(C)C3. The number of carbonyl (C=O) groups is 1. The minimum Gasteiger partial charge on any atom is -0.465 e. The molecular weight excluding hydrogens is 340 g/mol. The number of carbonyl (C=O) groups excluding carboxylic acids is 1. The Hall–Kier alpha value is -1.14. The smallest absolute Gasteiger partial charge is 0.319 e. The predicted octanol–water partition coefficient (Wildman–Crippen LogP) is 4.64. The summed E-state index contributed by atoms with van der Waals surface area (Å²) in [6.45, 7) is 6.83. The second kappa shape index (κ2) is 7.83. The number of thiophene rings is 1. The average molecular weight is 365 g/mol. The standard InChI is InChI=1S/C18H24N2O2S2/c1-4-8-22-18(21)13(5-2)23-16-15-12-7-6-11(3)9-14(12)24-17(15)20-10-19-16/h10-11,13H,4-9H2,1-3H3. The topological polar surface area (TPSA) is 52.1 Å². The first-order valence-corrected chi connectivity index (χ1v) is 10.4. The van der Waals surface area contributed by atoms with E-state index < -0.39 is 0 Å². The average Bonchev–Trinajstić information content (AvgIpc) is 2.95. The van der Waals surface area contributed by atoms with Crippen LogP contribution in [-0.2, 0) is 22.4 Å². The molecule has 0 saturated heterocycles. The van der Waals surface area contributed by atoms with Crippen LogP contribution >= 0.6 is 23.1 Å². The Labute approximate surface area is 151 Å². The molecule has 0 saturated carbocycles. The molecule has 1 aliphatic rings. The lowest BCUT2D eigenvalue weighted by molar-refractivity contribution is -0.143. The molecule has 0 fully saturated rings. The summed E-state index contributed by atoms with van der Waals surface area (Å²) in [4.78, 5) is 23.8. The number of nitrogens with zero attached hydrogens (tertiary/aromatic N) is 2. The summed E-state index contributed by atoms with van der Waals surface area (Å²) in [5.74, 6) is 0.607. The van der Waals surface area contributed by atoms with Crippen LogP contribution in [0.2, 0.25) is 0 Å². The zero-order valence-corrected chi connectivity index (χ0v) is 16.1. The Balaban J connectivity index is 1.90. The number of aromatic nitrogens is 2. The van der Waals surface area contributed by atoms with E-state index in [9.17, 15) is 4.79 Å². The number of aryl methyl sites for hydroxylation is 1. The number of hydrogen-bond donors (Lipinski definition) is 0. The van der Waals surface area contributed by atoms with Gasteiger partial charge >= 0.3 is 5.97 Å². The molecule has 0 radical (unpaired) electrons. The van der Waals surface area contributed by atoms with Crippen molar-refractivity contribution in [2.45, 2.75) is 63.2 Å². The van der Waals surface area contributed by atoms with Gasteiger partial charge in [-0.25, -0.2) is 9.97 Å². The molecule has 1 aliphatic carbocycles. The number of hydrogen-bond acceptors (Lipinski definition) is 6. The second-order valence-corrected chi connectivity index (χ2v) is 8.67. The fourth-order valence-corrected chi connectivity index (χ4v) is 5.53. The Bertz CT molecular complexity index is 729. The number of rotatable bonds is 6. The highest BCUT2D eigenvalue weighted by Crippen LogP contribution is 2.41. The van der Waals surface area contributed by atoms with E-state index in [1.807, 2.05) is 13.8 Å². The minimum atomic E-state index is -0.201.